The lowest BCUT2D eigenvalue weighted by Crippen LogP contribution is -2.37. The van der Waals surface area contributed by atoms with Crippen molar-refractivity contribution in [1.82, 2.24) is 14.9 Å². The van der Waals surface area contributed by atoms with Gasteiger partial charge in [-0.15, -0.1) is 0 Å². The van der Waals surface area contributed by atoms with Crippen LogP contribution in [-0.4, -0.2) is 33.2 Å². The zero-order valence-corrected chi connectivity index (χ0v) is 11.9. The number of carbonyl (C=O) groups is 2. The normalized spacial score (nSPS) is 22.0. The Balaban J connectivity index is 1.79. The maximum atomic E-state index is 12.7. The van der Waals surface area contributed by atoms with Crippen LogP contribution < -0.4 is 0 Å². The first kappa shape index (κ1) is 13.5. The zero-order chi connectivity index (χ0) is 14.9. The van der Waals surface area contributed by atoms with Crippen molar-refractivity contribution in [2.45, 2.75) is 25.2 Å². The van der Waals surface area contributed by atoms with Gasteiger partial charge in [-0.05, 0) is 12.5 Å². The van der Waals surface area contributed by atoms with Crippen LogP contribution in [0.25, 0.3) is 0 Å². The number of nitrogens with one attached hydrogen (secondary N) is 1. The topological polar surface area (TPSA) is 66.1 Å². The van der Waals surface area contributed by atoms with Gasteiger partial charge in [0.05, 0.1) is 11.7 Å². The highest BCUT2D eigenvalue weighted by molar-refractivity contribution is 6.08. The van der Waals surface area contributed by atoms with Crippen molar-refractivity contribution in [3.63, 3.8) is 0 Å². The van der Waals surface area contributed by atoms with Crippen molar-refractivity contribution in [3.8, 4) is 0 Å². The average Bonchev–Trinajstić information content (AvgIpc) is 3.07. The molecule has 2 aromatic rings. The number of hydrogen-bond acceptors (Lipinski definition) is 3. The van der Waals surface area contributed by atoms with Crippen molar-refractivity contribution in [3.05, 3.63) is 54.1 Å². The highest BCUT2D eigenvalue weighted by Crippen LogP contribution is 2.36. The molecule has 0 bridgehead atoms. The van der Waals surface area contributed by atoms with E-state index in [1.807, 2.05) is 37.3 Å². The van der Waals surface area contributed by atoms with Gasteiger partial charge < -0.3 is 4.98 Å². The van der Waals surface area contributed by atoms with Gasteiger partial charge in [0.25, 0.3) is 0 Å². The van der Waals surface area contributed by atoms with Crippen LogP contribution in [0.1, 0.15) is 24.6 Å². The van der Waals surface area contributed by atoms with Crippen LogP contribution in [0.3, 0.4) is 0 Å². The van der Waals surface area contributed by atoms with Gasteiger partial charge in [0.2, 0.25) is 11.8 Å². The molecule has 0 radical (unpaired) electrons. The lowest BCUT2D eigenvalue weighted by molar-refractivity contribution is -0.139. The molecular weight excluding hydrogens is 266 g/mol. The van der Waals surface area contributed by atoms with Crippen molar-refractivity contribution in [2.24, 2.45) is 0 Å². The Morgan fingerprint density at radius 3 is 2.71 bits per heavy atom. The average molecular weight is 283 g/mol. The van der Waals surface area contributed by atoms with E-state index in [1.165, 1.54) is 4.90 Å². The van der Waals surface area contributed by atoms with E-state index in [9.17, 15) is 9.59 Å². The van der Waals surface area contributed by atoms with E-state index < -0.39 is 5.41 Å². The van der Waals surface area contributed by atoms with Gasteiger partial charge in [0.1, 0.15) is 0 Å². The maximum Gasteiger partial charge on any atom is 0.240 e. The smallest absolute Gasteiger partial charge is 0.240 e. The van der Waals surface area contributed by atoms with E-state index in [4.69, 9.17) is 0 Å². The van der Waals surface area contributed by atoms with Crippen LogP contribution in [0.2, 0.25) is 0 Å². The quantitative estimate of drug-likeness (QED) is 0.868. The summed E-state index contributed by atoms with van der Waals surface area (Å²) in [5, 5.41) is 0. The van der Waals surface area contributed by atoms with Crippen LogP contribution in [0.4, 0.5) is 0 Å². The fourth-order valence-electron chi connectivity index (χ4n) is 2.80. The van der Waals surface area contributed by atoms with Crippen molar-refractivity contribution < 1.29 is 9.59 Å². The maximum absolute atomic E-state index is 12.7. The van der Waals surface area contributed by atoms with E-state index in [1.54, 1.807) is 12.5 Å². The van der Waals surface area contributed by atoms with Gasteiger partial charge in [-0.25, -0.2) is 4.98 Å². The second-order valence-corrected chi connectivity index (χ2v) is 5.55. The lowest BCUT2D eigenvalue weighted by atomic mass is 9.81. The summed E-state index contributed by atoms with van der Waals surface area (Å²) in [6.45, 7) is 2.24. The molecule has 1 N–H and O–H groups in total. The minimum atomic E-state index is -0.744. The molecule has 1 unspecified atom stereocenters. The Hall–Kier alpha value is -2.43. The molecule has 3 rings (SSSR count). The lowest BCUT2D eigenvalue weighted by Gasteiger charge is -2.22. The third kappa shape index (κ3) is 2.35. The number of carbonyl (C=O) groups excluding carboxylic acids is 2. The number of likely N-dealkylation sites (tertiary alicyclic amines) is 1. The Labute approximate surface area is 123 Å². The first-order chi connectivity index (χ1) is 10.1. The fraction of sp³-hybridized carbons (Fsp3) is 0.312. The molecule has 1 aromatic carbocycles. The second kappa shape index (κ2) is 5.16. The summed E-state index contributed by atoms with van der Waals surface area (Å²) in [5.74, 6) is -0.218. The van der Waals surface area contributed by atoms with E-state index in [2.05, 4.69) is 9.97 Å². The van der Waals surface area contributed by atoms with Crippen molar-refractivity contribution in [2.75, 3.05) is 6.54 Å². The molecule has 2 heterocycles. The van der Waals surface area contributed by atoms with E-state index in [0.717, 1.165) is 11.3 Å². The Morgan fingerprint density at radius 1 is 1.29 bits per heavy atom. The van der Waals surface area contributed by atoms with Crippen LogP contribution in [0.5, 0.6) is 0 Å². The highest BCUT2D eigenvalue weighted by Gasteiger charge is 2.48. The Kier molecular flexibility index (Phi) is 3.33. The number of imide groups is 1. The number of hydrogen-bond donors (Lipinski definition) is 1. The molecule has 2 amide bonds. The monoisotopic (exact) mass is 283 g/mol. The SMILES string of the molecule is CC1(c2ccccc2)CC(=O)N(CCc2cnc[nH]2)C1=O. The molecule has 1 aliphatic rings. The van der Waals surface area contributed by atoms with E-state index in [-0.39, 0.29) is 18.2 Å². The summed E-state index contributed by atoms with van der Waals surface area (Å²) >= 11 is 0. The first-order valence-electron chi connectivity index (χ1n) is 6.99. The first-order valence-corrected chi connectivity index (χ1v) is 6.99. The molecule has 21 heavy (non-hydrogen) atoms. The predicted octanol–water partition coefficient (Wildman–Crippen LogP) is 1.67. The second-order valence-electron chi connectivity index (χ2n) is 5.55. The highest BCUT2D eigenvalue weighted by atomic mass is 16.2. The molecule has 0 saturated carbocycles. The minimum Gasteiger partial charge on any atom is -0.348 e. The molecule has 5 nitrogen and oxygen atoms in total. The number of aromatic nitrogens is 2. The molecule has 1 saturated heterocycles. The van der Waals surface area contributed by atoms with Gasteiger partial charge in [-0.2, -0.15) is 0 Å². The van der Waals surface area contributed by atoms with Gasteiger partial charge in [0, 0.05) is 31.3 Å². The molecule has 0 spiro atoms. The molecule has 1 fully saturated rings. The number of benzene rings is 1. The van der Waals surface area contributed by atoms with E-state index >= 15 is 0 Å². The number of rotatable bonds is 4. The number of aromatic amines is 1. The summed E-state index contributed by atoms with van der Waals surface area (Å²) < 4.78 is 0. The molecule has 0 aliphatic carbocycles. The minimum absolute atomic E-state index is 0.106. The molecule has 1 aromatic heterocycles. The molecule has 1 atom stereocenters. The van der Waals surface area contributed by atoms with Crippen molar-refractivity contribution >= 4 is 11.8 Å². The number of H-pyrrole nitrogens is 1. The number of amides is 2. The summed E-state index contributed by atoms with van der Waals surface area (Å²) in [6, 6.07) is 9.51. The Morgan fingerprint density at radius 2 is 2.05 bits per heavy atom. The number of nitrogens with zero attached hydrogens (tertiary/aromatic N) is 2. The third-order valence-corrected chi connectivity index (χ3v) is 4.09. The van der Waals surface area contributed by atoms with E-state index in [0.29, 0.717) is 13.0 Å². The summed E-state index contributed by atoms with van der Waals surface area (Å²) in [5.41, 5.74) is 1.07. The fourth-order valence-corrected chi connectivity index (χ4v) is 2.80. The predicted molar refractivity (Wildman–Crippen MR) is 77.4 cm³/mol. The third-order valence-electron chi connectivity index (χ3n) is 4.09. The molecule has 108 valence electrons. The van der Waals surface area contributed by atoms with Gasteiger partial charge >= 0.3 is 0 Å². The molecular formula is C16H17N3O2. The van der Waals surface area contributed by atoms with Gasteiger partial charge in [0.15, 0.2) is 0 Å². The largest absolute Gasteiger partial charge is 0.348 e. The van der Waals surface area contributed by atoms with Crippen LogP contribution in [0, 0.1) is 0 Å². The summed E-state index contributed by atoms with van der Waals surface area (Å²) in [6.07, 6.45) is 4.14. The van der Waals surface area contributed by atoms with Gasteiger partial charge in [-0.1, -0.05) is 30.3 Å². The summed E-state index contributed by atoms with van der Waals surface area (Å²) in [4.78, 5) is 33.2. The number of imidazole rings is 1. The standard InChI is InChI=1S/C16H17N3O2/c1-16(12-5-3-2-4-6-12)9-14(20)19(15(16)21)8-7-13-10-17-11-18-13/h2-6,10-11H,7-9H2,1H3,(H,17,18). The van der Waals surface area contributed by atoms with Crippen LogP contribution >= 0.6 is 0 Å². The zero-order valence-electron chi connectivity index (χ0n) is 11.9. The van der Waals surface area contributed by atoms with Crippen LogP contribution in [-0.2, 0) is 21.4 Å². The molecule has 1 aliphatic heterocycles. The van der Waals surface area contributed by atoms with Gasteiger partial charge in [-0.3, -0.25) is 14.5 Å². The van der Waals surface area contributed by atoms with Crippen LogP contribution in [0.15, 0.2) is 42.9 Å². The van der Waals surface area contributed by atoms with Crippen molar-refractivity contribution in [1.29, 1.82) is 0 Å². The molecule has 5 heteroatoms. The summed E-state index contributed by atoms with van der Waals surface area (Å²) in [7, 11) is 0. The Bertz CT molecular complexity index is 651.